The van der Waals surface area contributed by atoms with Crippen molar-refractivity contribution < 1.29 is 4.79 Å². The lowest BCUT2D eigenvalue weighted by Crippen LogP contribution is -2.37. The Morgan fingerprint density at radius 1 is 1.19 bits per heavy atom. The number of amides is 1. The third-order valence-electron chi connectivity index (χ3n) is 6.02. The van der Waals surface area contributed by atoms with Crippen molar-refractivity contribution in [2.24, 2.45) is 5.92 Å². The zero-order valence-electron chi connectivity index (χ0n) is 17.7. The van der Waals surface area contributed by atoms with Crippen LogP contribution in [0.1, 0.15) is 42.1 Å². The van der Waals surface area contributed by atoms with Crippen LogP contribution in [0.2, 0.25) is 0 Å². The van der Waals surface area contributed by atoms with Crippen LogP contribution in [0.15, 0.2) is 53.3 Å². The third kappa shape index (κ3) is 5.11. The van der Waals surface area contributed by atoms with Crippen molar-refractivity contribution in [3.8, 4) is 0 Å². The predicted molar refractivity (Wildman–Crippen MR) is 126 cm³/mol. The van der Waals surface area contributed by atoms with Crippen LogP contribution < -0.4 is 16.2 Å². The number of benzene rings is 2. The topological polar surface area (TPSA) is 78.9 Å². The van der Waals surface area contributed by atoms with Gasteiger partial charge in [0.05, 0.1) is 17.4 Å². The highest BCUT2D eigenvalue weighted by Crippen LogP contribution is 2.19. The summed E-state index contributed by atoms with van der Waals surface area (Å²) in [5.74, 6) is 0.609. The van der Waals surface area contributed by atoms with Gasteiger partial charge in [-0.05, 0) is 80.7 Å². The number of hydrogen-bond donors (Lipinski definition) is 3. The van der Waals surface area contributed by atoms with Gasteiger partial charge in [-0.2, -0.15) is 0 Å². The first-order valence-electron chi connectivity index (χ1n) is 10.8. The van der Waals surface area contributed by atoms with Crippen LogP contribution in [0.3, 0.4) is 0 Å². The molecule has 1 aliphatic heterocycles. The number of fused-ring (bicyclic) bond motifs is 1. The normalized spacial score (nSPS) is 18.7. The van der Waals surface area contributed by atoms with Gasteiger partial charge in [-0.1, -0.05) is 24.3 Å². The Hall–Kier alpha value is -2.77. The molecule has 3 N–H and O–H groups in total. The highest BCUT2D eigenvalue weighted by molar-refractivity contribution is 7.71. The summed E-state index contributed by atoms with van der Waals surface area (Å²) < 4.78 is 1.94. The van der Waals surface area contributed by atoms with E-state index in [1.807, 2.05) is 30.3 Å². The molecule has 0 bridgehead atoms. The number of hydrogen-bond acceptors (Lipinski definition) is 4. The maximum Gasteiger partial charge on any atom is 0.262 e. The number of carbonyl (C=O) groups is 1. The second kappa shape index (κ2) is 9.58. The van der Waals surface area contributed by atoms with Crippen LogP contribution >= 0.6 is 12.2 Å². The van der Waals surface area contributed by atoms with E-state index >= 15 is 0 Å². The highest BCUT2D eigenvalue weighted by atomic mass is 32.1. The minimum atomic E-state index is -0.117. The third-order valence-corrected chi connectivity index (χ3v) is 6.34. The number of nitrogens with one attached hydrogen (secondary N) is 3. The molecule has 0 spiro atoms. The van der Waals surface area contributed by atoms with Gasteiger partial charge in [0.1, 0.15) is 0 Å². The minimum absolute atomic E-state index is 0.0614. The zero-order valence-corrected chi connectivity index (χ0v) is 18.5. The van der Waals surface area contributed by atoms with Crippen molar-refractivity contribution in [1.82, 2.24) is 20.2 Å². The molecular weight excluding hydrogens is 408 g/mol. The summed E-state index contributed by atoms with van der Waals surface area (Å²) in [5.41, 5.74) is 2.16. The summed E-state index contributed by atoms with van der Waals surface area (Å²) in [6, 6.07) is 15.3. The van der Waals surface area contributed by atoms with E-state index < -0.39 is 0 Å². The van der Waals surface area contributed by atoms with Gasteiger partial charge in [-0.15, -0.1) is 0 Å². The van der Waals surface area contributed by atoms with Crippen molar-refractivity contribution in [1.29, 1.82) is 0 Å². The van der Waals surface area contributed by atoms with Gasteiger partial charge in [-0.3, -0.25) is 14.2 Å². The zero-order chi connectivity index (χ0) is 21.8. The number of H-pyrrole nitrogens is 1. The monoisotopic (exact) mass is 436 g/mol. The Morgan fingerprint density at radius 3 is 2.74 bits per heavy atom. The molecule has 2 atom stereocenters. The summed E-state index contributed by atoms with van der Waals surface area (Å²) in [6.07, 6.45) is 3.35. The van der Waals surface area contributed by atoms with Gasteiger partial charge in [0.2, 0.25) is 0 Å². The molecule has 1 fully saturated rings. The molecule has 2 aromatic carbocycles. The summed E-state index contributed by atoms with van der Waals surface area (Å²) in [4.78, 5) is 28.4. The van der Waals surface area contributed by atoms with E-state index in [1.165, 1.54) is 12.8 Å². The van der Waals surface area contributed by atoms with E-state index in [-0.39, 0.29) is 11.5 Å². The molecule has 1 amide bonds. The van der Waals surface area contributed by atoms with Gasteiger partial charge >= 0.3 is 0 Å². The second-order valence-electron chi connectivity index (χ2n) is 8.35. The van der Waals surface area contributed by atoms with Crippen molar-refractivity contribution in [2.45, 2.75) is 38.8 Å². The van der Waals surface area contributed by atoms with E-state index in [0.717, 1.165) is 24.0 Å². The summed E-state index contributed by atoms with van der Waals surface area (Å²) >= 11 is 5.38. The number of para-hydroxylation sites is 1. The lowest BCUT2D eigenvalue weighted by Gasteiger charge is -2.27. The molecule has 31 heavy (non-hydrogen) atoms. The Bertz CT molecular complexity index is 1180. The van der Waals surface area contributed by atoms with Gasteiger partial charge < -0.3 is 15.6 Å². The van der Waals surface area contributed by atoms with Gasteiger partial charge in [0.15, 0.2) is 4.77 Å². The molecule has 1 aromatic heterocycles. The quantitative estimate of drug-likeness (QED) is 0.516. The average molecular weight is 437 g/mol. The summed E-state index contributed by atoms with van der Waals surface area (Å²) in [6.45, 7) is 4.32. The Morgan fingerprint density at radius 2 is 1.97 bits per heavy atom. The Kier molecular flexibility index (Phi) is 6.63. The van der Waals surface area contributed by atoms with Crippen LogP contribution in [0.4, 0.5) is 0 Å². The Labute approximate surface area is 186 Å². The van der Waals surface area contributed by atoms with Crippen molar-refractivity contribution in [3.63, 3.8) is 0 Å². The molecule has 0 radical (unpaired) electrons. The van der Waals surface area contributed by atoms with Crippen LogP contribution in [0, 0.1) is 10.7 Å². The number of rotatable bonds is 6. The lowest BCUT2D eigenvalue weighted by molar-refractivity contribution is 0.0950. The molecule has 3 aromatic rings. The number of aromatic nitrogens is 2. The van der Waals surface area contributed by atoms with E-state index in [2.05, 4.69) is 22.5 Å². The maximum atomic E-state index is 12.8. The fourth-order valence-corrected chi connectivity index (χ4v) is 4.53. The van der Waals surface area contributed by atoms with Gasteiger partial charge in [0, 0.05) is 18.2 Å². The molecule has 1 aliphatic rings. The van der Waals surface area contributed by atoms with Crippen LogP contribution in [-0.4, -0.2) is 34.6 Å². The van der Waals surface area contributed by atoms with Gasteiger partial charge in [-0.25, -0.2) is 0 Å². The van der Waals surface area contributed by atoms with E-state index in [9.17, 15) is 9.59 Å². The molecule has 6 nitrogen and oxygen atoms in total. The number of aromatic amines is 1. The summed E-state index contributed by atoms with van der Waals surface area (Å²) in [5, 5.41) is 7.10. The number of piperidine rings is 1. The molecule has 162 valence electrons. The molecule has 0 saturated carbocycles. The molecule has 2 unspecified atom stereocenters. The molecule has 7 heteroatoms. The largest absolute Gasteiger partial charge is 0.352 e. The standard InChI is InChI=1S/C24H28N4O2S/c1-16-14-17(10-12-25-16)11-13-26-22(29)19-8-6-18(7-9-19)15-28-23(30)20-4-2-3-5-21(20)27-24(28)31/h2-9,16-17,25H,10-15H2,1H3,(H,26,29)(H,27,31). The fourth-order valence-electron chi connectivity index (χ4n) is 4.28. The second-order valence-corrected chi connectivity index (χ2v) is 8.74. The minimum Gasteiger partial charge on any atom is -0.352 e. The first-order valence-corrected chi connectivity index (χ1v) is 11.2. The molecule has 0 aliphatic carbocycles. The molecule has 1 saturated heterocycles. The van der Waals surface area contributed by atoms with Crippen molar-refractivity contribution >= 4 is 29.0 Å². The molecule has 4 rings (SSSR count). The first kappa shape index (κ1) is 21.5. The predicted octanol–water partition coefficient (Wildman–Crippen LogP) is 3.62. The molecule has 2 heterocycles. The van der Waals surface area contributed by atoms with E-state index in [4.69, 9.17) is 12.2 Å². The van der Waals surface area contributed by atoms with Crippen LogP contribution in [-0.2, 0) is 6.54 Å². The summed E-state index contributed by atoms with van der Waals surface area (Å²) in [7, 11) is 0. The highest BCUT2D eigenvalue weighted by Gasteiger charge is 2.18. The van der Waals surface area contributed by atoms with E-state index in [0.29, 0.717) is 40.8 Å². The smallest absolute Gasteiger partial charge is 0.262 e. The lowest BCUT2D eigenvalue weighted by atomic mass is 9.90. The Balaban J connectivity index is 1.38. The van der Waals surface area contributed by atoms with E-state index in [1.54, 1.807) is 22.8 Å². The van der Waals surface area contributed by atoms with Crippen LogP contribution in [0.5, 0.6) is 0 Å². The van der Waals surface area contributed by atoms with Gasteiger partial charge in [0.25, 0.3) is 11.5 Å². The first-order chi connectivity index (χ1) is 15.0. The SMILES string of the molecule is CC1CC(CCNC(=O)c2ccc(Cn3c(=S)[nH]c4ccccc4c3=O)cc2)CCN1. The molecular formula is C24H28N4O2S. The van der Waals surface area contributed by atoms with Crippen molar-refractivity contribution in [3.05, 3.63) is 74.8 Å². The van der Waals surface area contributed by atoms with Crippen LogP contribution in [0.25, 0.3) is 10.9 Å². The average Bonchev–Trinajstić information content (AvgIpc) is 2.77. The number of carbonyl (C=O) groups excluding carboxylic acids is 1. The maximum absolute atomic E-state index is 12.8. The fraction of sp³-hybridized carbons (Fsp3) is 0.375. The van der Waals surface area contributed by atoms with Crippen molar-refractivity contribution in [2.75, 3.05) is 13.1 Å². The number of nitrogens with zero attached hydrogens (tertiary/aromatic N) is 1.